The first kappa shape index (κ1) is 12.7. The van der Waals surface area contributed by atoms with Crippen molar-refractivity contribution in [1.82, 2.24) is 4.90 Å². The topological polar surface area (TPSA) is 41.6 Å². The highest BCUT2D eigenvalue weighted by molar-refractivity contribution is 5.98. The summed E-state index contributed by atoms with van der Waals surface area (Å²) in [6, 6.07) is 5.66. The molecule has 1 aliphatic heterocycles. The molecular formula is C14H20N2O2. The Kier molecular flexibility index (Phi) is 4.07. The van der Waals surface area contributed by atoms with Crippen LogP contribution in [0.25, 0.3) is 0 Å². The molecule has 0 atom stereocenters. The summed E-state index contributed by atoms with van der Waals surface area (Å²) < 4.78 is 5.62. The van der Waals surface area contributed by atoms with Crippen molar-refractivity contribution in [2.75, 3.05) is 32.1 Å². The second kappa shape index (κ2) is 5.76. The van der Waals surface area contributed by atoms with Crippen molar-refractivity contribution in [3.8, 4) is 5.75 Å². The summed E-state index contributed by atoms with van der Waals surface area (Å²) >= 11 is 0. The number of carbonyl (C=O) groups excluding carboxylic acids is 1. The van der Waals surface area contributed by atoms with Gasteiger partial charge in [-0.25, -0.2) is 0 Å². The summed E-state index contributed by atoms with van der Waals surface area (Å²) in [6.07, 6.45) is 2.11. The third-order valence-electron chi connectivity index (χ3n) is 3.10. The van der Waals surface area contributed by atoms with Crippen LogP contribution in [0.1, 0.15) is 30.1 Å². The molecule has 0 bridgehead atoms. The van der Waals surface area contributed by atoms with Crippen molar-refractivity contribution in [3.05, 3.63) is 23.8 Å². The maximum atomic E-state index is 12.3. The Bertz CT molecular complexity index is 432. The minimum atomic E-state index is 0.0315. The predicted octanol–water partition coefficient (Wildman–Crippen LogP) is 2.36. The van der Waals surface area contributed by atoms with Crippen LogP contribution in [0, 0.1) is 0 Å². The Hall–Kier alpha value is -1.71. The molecule has 1 amide bonds. The standard InChI is InChI=1S/C14H20N2O2/c1-3-4-9-16(2)14(17)11-6-5-7-12-13(11)18-10-8-15-12/h5-7,15H,3-4,8-10H2,1-2H3. The van der Waals surface area contributed by atoms with Crippen LogP contribution >= 0.6 is 0 Å². The lowest BCUT2D eigenvalue weighted by atomic mass is 10.1. The minimum Gasteiger partial charge on any atom is -0.489 e. The van der Waals surface area contributed by atoms with Crippen molar-refractivity contribution in [2.24, 2.45) is 0 Å². The predicted molar refractivity (Wildman–Crippen MR) is 72.3 cm³/mol. The molecule has 0 aliphatic carbocycles. The van der Waals surface area contributed by atoms with Gasteiger partial charge < -0.3 is 15.0 Å². The van der Waals surface area contributed by atoms with Gasteiger partial charge in [0.2, 0.25) is 0 Å². The first-order valence-electron chi connectivity index (χ1n) is 6.49. The number of hydrogen-bond donors (Lipinski definition) is 1. The number of fused-ring (bicyclic) bond motifs is 1. The number of hydrogen-bond acceptors (Lipinski definition) is 3. The number of benzene rings is 1. The Morgan fingerprint density at radius 2 is 2.33 bits per heavy atom. The van der Waals surface area contributed by atoms with Crippen LogP contribution in [0.5, 0.6) is 5.75 Å². The van der Waals surface area contributed by atoms with Crippen molar-refractivity contribution in [2.45, 2.75) is 19.8 Å². The van der Waals surface area contributed by atoms with E-state index < -0.39 is 0 Å². The number of para-hydroxylation sites is 1. The molecule has 0 aromatic heterocycles. The summed E-state index contributed by atoms with van der Waals surface area (Å²) in [5.41, 5.74) is 1.56. The third-order valence-corrected chi connectivity index (χ3v) is 3.10. The van der Waals surface area contributed by atoms with Crippen molar-refractivity contribution < 1.29 is 9.53 Å². The van der Waals surface area contributed by atoms with E-state index in [4.69, 9.17) is 4.74 Å². The summed E-state index contributed by atoms with van der Waals surface area (Å²) in [6.45, 7) is 4.30. The molecule has 1 heterocycles. The summed E-state index contributed by atoms with van der Waals surface area (Å²) in [5, 5.41) is 3.24. The van der Waals surface area contributed by atoms with Gasteiger partial charge in [0.25, 0.3) is 5.91 Å². The molecule has 4 nitrogen and oxygen atoms in total. The van der Waals surface area contributed by atoms with Gasteiger partial charge in [-0.15, -0.1) is 0 Å². The monoisotopic (exact) mass is 248 g/mol. The number of carbonyl (C=O) groups is 1. The molecule has 0 radical (unpaired) electrons. The number of amides is 1. The average Bonchev–Trinajstić information content (AvgIpc) is 2.43. The molecule has 4 heteroatoms. The fraction of sp³-hybridized carbons (Fsp3) is 0.500. The van der Waals surface area contributed by atoms with E-state index in [1.807, 2.05) is 25.2 Å². The lowest BCUT2D eigenvalue weighted by Gasteiger charge is -2.23. The highest BCUT2D eigenvalue weighted by atomic mass is 16.5. The lowest BCUT2D eigenvalue weighted by Crippen LogP contribution is -2.29. The van der Waals surface area contributed by atoms with E-state index in [1.54, 1.807) is 4.90 Å². The first-order chi connectivity index (χ1) is 8.74. The van der Waals surface area contributed by atoms with Crippen LogP contribution in [-0.4, -0.2) is 37.6 Å². The van der Waals surface area contributed by atoms with Gasteiger partial charge in [0.1, 0.15) is 6.61 Å². The fourth-order valence-corrected chi connectivity index (χ4v) is 2.04. The number of nitrogens with one attached hydrogen (secondary N) is 1. The molecule has 0 spiro atoms. The van der Waals surface area contributed by atoms with Crippen LogP contribution < -0.4 is 10.1 Å². The molecule has 1 N–H and O–H groups in total. The molecule has 0 unspecified atom stereocenters. The second-order valence-electron chi connectivity index (χ2n) is 4.54. The van der Waals surface area contributed by atoms with E-state index in [1.165, 1.54) is 0 Å². The van der Waals surface area contributed by atoms with Crippen molar-refractivity contribution in [3.63, 3.8) is 0 Å². The molecule has 0 fully saturated rings. The van der Waals surface area contributed by atoms with Crippen LogP contribution in [0.4, 0.5) is 5.69 Å². The Morgan fingerprint density at radius 1 is 1.50 bits per heavy atom. The molecule has 0 saturated heterocycles. The first-order valence-corrected chi connectivity index (χ1v) is 6.49. The van der Waals surface area contributed by atoms with Crippen LogP contribution in [0.3, 0.4) is 0 Å². The van der Waals surface area contributed by atoms with Gasteiger partial charge in [-0.1, -0.05) is 19.4 Å². The van der Waals surface area contributed by atoms with Gasteiger partial charge in [-0.3, -0.25) is 4.79 Å². The number of unbranched alkanes of at least 4 members (excludes halogenated alkanes) is 1. The van der Waals surface area contributed by atoms with Gasteiger partial charge in [0, 0.05) is 20.1 Å². The quantitative estimate of drug-likeness (QED) is 0.889. The molecule has 1 aromatic carbocycles. The van der Waals surface area contributed by atoms with Crippen molar-refractivity contribution in [1.29, 1.82) is 0 Å². The Balaban J connectivity index is 2.19. The van der Waals surface area contributed by atoms with Crippen LogP contribution in [0.15, 0.2) is 18.2 Å². The summed E-state index contributed by atoms with van der Waals surface area (Å²) in [7, 11) is 1.84. The van der Waals surface area contributed by atoms with Crippen molar-refractivity contribution >= 4 is 11.6 Å². The van der Waals surface area contributed by atoms with E-state index in [0.29, 0.717) is 17.9 Å². The van der Waals surface area contributed by atoms with Gasteiger partial charge in [0.15, 0.2) is 5.75 Å². The zero-order chi connectivity index (χ0) is 13.0. The normalized spacial score (nSPS) is 13.2. The molecule has 0 saturated carbocycles. The minimum absolute atomic E-state index is 0.0315. The molecule has 18 heavy (non-hydrogen) atoms. The van der Waals surface area contributed by atoms with E-state index in [0.717, 1.165) is 31.6 Å². The van der Waals surface area contributed by atoms with Gasteiger partial charge in [-0.2, -0.15) is 0 Å². The number of rotatable bonds is 4. The van der Waals surface area contributed by atoms with E-state index in [-0.39, 0.29) is 5.91 Å². The van der Waals surface area contributed by atoms with Crippen LogP contribution in [-0.2, 0) is 0 Å². The zero-order valence-corrected chi connectivity index (χ0v) is 11.0. The van der Waals surface area contributed by atoms with E-state index >= 15 is 0 Å². The van der Waals surface area contributed by atoms with E-state index in [9.17, 15) is 4.79 Å². The SMILES string of the molecule is CCCCN(C)C(=O)c1cccc2c1OCCN2. The Labute approximate surface area is 108 Å². The summed E-state index contributed by atoms with van der Waals surface area (Å²) in [5.74, 6) is 0.723. The average molecular weight is 248 g/mol. The van der Waals surface area contributed by atoms with Gasteiger partial charge in [0.05, 0.1) is 11.3 Å². The number of ether oxygens (including phenoxy) is 1. The van der Waals surface area contributed by atoms with Crippen LogP contribution in [0.2, 0.25) is 0 Å². The largest absolute Gasteiger partial charge is 0.489 e. The van der Waals surface area contributed by atoms with Gasteiger partial charge >= 0.3 is 0 Å². The number of anilines is 1. The Morgan fingerprint density at radius 3 is 3.11 bits per heavy atom. The second-order valence-corrected chi connectivity index (χ2v) is 4.54. The van der Waals surface area contributed by atoms with Gasteiger partial charge in [-0.05, 0) is 18.6 Å². The molecule has 2 rings (SSSR count). The fourth-order valence-electron chi connectivity index (χ4n) is 2.04. The maximum Gasteiger partial charge on any atom is 0.257 e. The summed E-state index contributed by atoms with van der Waals surface area (Å²) in [4.78, 5) is 14.1. The lowest BCUT2D eigenvalue weighted by molar-refractivity contribution is 0.0789. The molecular weight excluding hydrogens is 228 g/mol. The molecule has 1 aliphatic rings. The highest BCUT2D eigenvalue weighted by Crippen LogP contribution is 2.31. The maximum absolute atomic E-state index is 12.3. The zero-order valence-electron chi connectivity index (χ0n) is 11.0. The third kappa shape index (κ3) is 2.58. The molecule has 98 valence electrons. The molecule has 1 aromatic rings. The number of nitrogens with zero attached hydrogens (tertiary/aromatic N) is 1. The van der Waals surface area contributed by atoms with E-state index in [2.05, 4.69) is 12.2 Å². The highest BCUT2D eigenvalue weighted by Gasteiger charge is 2.21. The smallest absolute Gasteiger partial charge is 0.257 e.